The maximum Gasteiger partial charge on any atom is 0.341 e. The number of rotatable bonds is 6. The molecule has 0 saturated heterocycles. The molecule has 4 rings (SSSR count). The fraction of sp³-hybridized carbons (Fsp3) is 0.296. The Morgan fingerprint density at radius 1 is 0.758 bits per heavy atom. The van der Waals surface area contributed by atoms with Crippen molar-refractivity contribution in [2.24, 2.45) is 0 Å². The van der Waals surface area contributed by atoms with Crippen LogP contribution in [-0.2, 0) is 9.47 Å². The standard InChI is InChI=1S/C27H27NO5/c1-32-26(30)21-22(27(31)33-2)24(25(29)19-14-8-4-9-15-19)28(20-16-10-5-11-17-20)23(21)18-12-6-3-7-13-18/h3-4,6-9,12-15,20H,5,10-11,16-17H2,1-2H3. The quantitative estimate of drug-likeness (QED) is 0.372. The molecule has 0 radical (unpaired) electrons. The van der Waals surface area contributed by atoms with E-state index >= 15 is 0 Å². The fourth-order valence-corrected chi connectivity index (χ4v) is 4.72. The van der Waals surface area contributed by atoms with Crippen molar-refractivity contribution >= 4 is 17.7 Å². The average Bonchev–Trinajstić information content (AvgIpc) is 3.25. The van der Waals surface area contributed by atoms with Crippen LogP contribution in [-0.4, -0.2) is 36.5 Å². The fourth-order valence-electron chi connectivity index (χ4n) is 4.72. The number of aromatic nitrogens is 1. The molecule has 1 aromatic heterocycles. The zero-order valence-electron chi connectivity index (χ0n) is 18.9. The Morgan fingerprint density at radius 2 is 1.30 bits per heavy atom. The van der Waals surface area contributed by atoms with Crippen molar-refractivity contribution in [1.29, 1.82) is 0 Å². The van der Waals surface area contributed by atoms with Crippen molar-refractivity contribution in [3.8, 4) is 11.3 Å². The molecule has 1 aliphatic rings. The van der Waals surface area contributed by atoms with Gasteiger partial charge in [0.15, 0.2) is 0 Å². The normalized spacial score (nSPS) is 14.0. The molecule has 0 N–H and O–H groups in total. The molecule has 3 aromatic rings. The van der Waals surface area contributed by atoms with E-state index in [1.54, 1.807) is 24.3 Å². The number of carbonyl (C=O) groups excluding carboxylic acids is 3. The summed E-state index contributed by atoms with van der Waals surface area (Å²) in [4.78, 5) is 40.1. The first-order valence-corrected chi connectivity index (χ1v) is 11.2. The number of nitrogens with zero attached hydrogens (tertiary/aromatic N) is 1. The first-order chi connectivity index (χ1) is 16.1. The Hall–Kier alpha value is -3.67. The van der Waals surface area contributed by atoms with E-state index < -0.39 is 11.9 Å². The third-order valence-electron chi connectivity index (χ3n) is 6.22. The van der Waals surface area contributed by atoms with E-state index in [0.717, 1.165) is 37.7 Å². The minimum atomic E-state index is -0.735. The number of ether oxygens (including phenoxy) is 2. The number of carbonyl (C=O) groups is 3. The van der Waals surface area contributed by atoms with Gasteiger partial charge >= 0.3 is 11.9 Å². The first kappa shape index (κ1) is 22.5. The summed E-state index contributed by atoms with van der Waals surface area (Å²) in [6.07, 6.45) is 4.85. The lowest BCUT2D eigenvalue weighted by Crippen LogP contribution is -2.21. The highest BCUT2D eigenvalue weighted by atomic mass is 16.5. The molecule has 0 unspecified atom stereocenters. The van der Waals surface area contributed by atoms with Crippen LogP contribution < -0.4 is 0 Å². The molecule has 0 aliphatic heterocycles. The van der Waals surface area contributed by atoms with Crippen molar-refractivity contribution in [1.82, 2.24) is 4.57 Å². The second-order valence-corrected chi connectivity index (χ2v) is 8.15. The van der Waals surface area contributed by atoms with Crippen LogP contribution in [0.15, 0.2) is 60.7 Å². The summed E-state index contributed by atoms with van der Waals surface area (Å²) in [7, 11) is 2.52. The molecule has 0 spiro atoms. The van der Waals surface area contributed by atoms with E-state index in [0.29, 0.717) is 11.3 Å². The van der Waals surface area contributed by atoms with E-state index in [-0.39, 0.29) is 28.6 Å². The molecule has 6 heteroatoms. The molecular weight excluding hydrogens is 418 g/mol. The van der Waals surface area contributed by atoms with E-state index in [1.165, 1.54) is 14.2 Å². The van der Waals surface area contributed by atoms with Gasteiger partial charge in [-0.15, -0.1) is 0 Å². The SMILES string of the molecule is COC(=O)c1c(C(=O)OC)c(-c2ccccc2)n(C2CCCCC2)c1C(=O)c1ccccc1. The smallest absolute Gasteiger partial charge is 0.341 e. The largest absolute Gasteiger partial charge is 0.465 e. The van der Waals surface area contributed by atoms with Gasteiger partial charge in [-0.3, -0.25) is 4.79 Å². The lowest BCUT2D eigenvalue weighted by molar-refractivity contribution is 0.0556. The number of hydrogen-bond donors (Lipinski definition) is 0. The predicted octanol–water partition coefficient (Wildman–Crippen LogP) is 5.46. The highest BCUT2D eigenvalue weighted by Crippen LogP contribution is 2.41. The molecule has 1 aliphatic carbocycles. The van der Waals surface area contributed by atoms with Gasteiger partial charge in [0, 0.05) is 11.6 Å². The predicted molar refractivity (Wildman–Crippen MR) is 125 cm³/mol. The Bertz CT molecular complexity index is 1160. The second kappa shape index (κ2) is 9.86. The highest BCUT2D eigenvalue weighted by molar-refractivity contribution is 6.19. The lowest BCUT2D eigenvalue weighted by Gasteiger charge is -2.28. The summed E-state index contributed by atoms with van der Waals surface area (Å²) in [5.41, 5.74) is 1.91. The minimum Gasteiger partial charge on any atom is -0.465 e. The molecule has 1 heterocycles. The molecule has 1 fully saturated rings. The number of esters is 2. The van der Waals surface area contributed by atoms with Crippen LogP contribution in [0.4, 0.5) is 0 Å². The molecule has 1 saturated carbocycles. The van der Waals surface area contributed by atoms with Crippen molar-refractivity contribution in [2.45, 2.75) is 38.1 Å². The van der Waals surface area contributed by atoms with Crippen LogP contribution in [0.5, 0.6) is 0 Å². The van der Waals surface area contributed by atoms with Crippen molar-refractivity contribution in [3.63, 3.8) is 0 Å². The zero-order valence-corrected chi connectivity index (χ0v) is 18.9. The lowest BCUT2D eigenvalue weighted by atomic mass is 9.94. The highest BCUT2D eigenvalue weighted by Gasteiger charge is 2.38. The number of ketones is 1. The van der Waals surface area contributed by atoms with Gasteiger partial charge in [0.2, 0.25) is 5.78 Å². The van der Waals surface area contributed by atoms with Crippen LogP contribution in [0, 0.1) is 0 Å². The minimum absolute atomic E-state index is 0.0292. The van der Waals surface area contributed by atoms with Gasteiger partial charge in [-0.1, -0.05) is 79.9 Å². The van der Waals surface area contributed by atoms with Crippen LogP contribution in [0.25, 0.3) is 11.3 Å². The summed E-state index contributed by atoms with van der Waals surface area (Å²) in [6.45, 7) is 0. The maximum absolute atomic E-state index is 13.9. The Morgan fingerprint density at radius 3 is 1.88 bits per heavy atom. The van der Waals surface area contributed by atoms with Crippen LogP contribution in [0.2, 0.25) is 0 Å². The first-order valence-electron chi connectivity index (χ1n) is 11.2. The second-order valence-electron chi connectivity index (χ2n) is 8.15. The van der Waals surface area contributed by atoms with Crippen LogP contribution >= 0.6 is 0 Å². The van der Waals surface area contributed by atoms with Crippen molar-refractivity contribution < 1.29 is 23.9 Å². The van der Waals surface area contributed by atoms with Gasteiger partial charge in [-0.25, -0.2) is 9.59 Å². The van der Waals surface area contributed by atoms with E-state index in [1.807, 2.05) is 41.0 Å². The Labute approximate surface area is 193 Å². The van der Waals surface area contributed by atoms with Crippen molar-refractivity contribution in [3.05, 3.63) is 83.0 Å². The summed E-state index contributed by atoms with van der Waals surface area (Å²) >= 11 is 0. The monoisotopic (exact) mass is 445 g/mol. The molecule has 0 amide bonds. The summed E-state index contributed by atoms with van der Waals surface area (Å²) in [6, 6.07) is 18.1. The van der Waals surface area contributed by atoms with Gasteiger partial charge in [-0.2, -0.15) is 0 Å². The van der Waals surface area contributed by atoms with Gasteiger partial charge in [0.05, 0.1) is 19.9 Å². The summed E-state index contributed by atoms with van der Waals surface area (Å²) < 4.78 is 12.1. The molecule has 0 bridgehead atoms. The van der Waals surface area contributed by atoms with Gasteiger partial charge < -0.3 is 14.0 Å². The molecule has 0 atom stereocenters. The van der Waals surface area contributed by atoms with Crippen LogP contribution in [0.1, 0.15) is 74.9 Å². The van der Waals surface area contributed by atoms with Crippen molar-refractivity contribution in [2.75, 3.05) is 14.2 Å². The molecular formula is C27H27NO5. The summed E-state index contributed by atoms with van der Waals surface area (Å²) in [5.74, 6) is -1.73. The van der Waals surface area contributed by atoms with E-state index in [4.69, 9.17) is 9.47 Å². The van der Waals surface area contributed by atoms with Gasteiger partial charge in [-0.05, 0) is 18.4 Å². The molecule has 2 aromatic carbocycles. The van der Waals surface area contributed by atoms with Gasteiger partial charge in [0.1, 0.15) is 16.8 Å². The molecule has 6 nitrogen and oxygen atoms in total. The summed E-state index contributed by atoms with van der Waals surface area (Å²) in [5, 5.41) is 0. The Kier molecular flexibility index (Phi) is 6.73. The maximum atomic E-state index is 13.9. The number of benzene rings is 2. The number of methoxy groups -OCH3 is 2. The average molecular weight is 446 g/mol. The number of hydrogen-bond acceptors (Lipinski definition) is 5. The molecule has 170 valence electrons. The van der Waals surface area contributed by atoms with E-state index in [2.05, 4.69) is 0 Å². The topological polar surface area (TPSA) is 74.6 Å². The zero-order chi connectivity index (χ0) is 23.4. The Balaban J connectivity index is 2.12. The third-order valence-corrected chi connectivity index (χ3v) is 6.22. The van der Waals surface area contributed by atoms with Crippen LogP contribution in [0.3, 0.4) is 0 Å². The third kappa shape index (κ3) is 4.21. The van der Waals surface area contributed by atoms with E-state index in [9.17, 15) is 14.4 Å². The molecule has 33 heavy (non-hydrogen) atoms. The van der Waals surface area contributed by atoms with Gasteiger partial charge in [0.25, 0.3) is 0 Å².